The van der Waals surface area contributed by atoms with E-state index in [1.165, 1.54) is 57.6 Å². The summed E-state index contributed by atoms with van der Waals surface area (Å²) in [6.45, 7) is 9.92. The summed E-state index contributed by atoms with van der Waals surface area (Å²) in [5.41, 5.74) is 0. The second-order valence-corrected chi connectivity index (χ2v) is 7.29. The van der Waals surface area contributed by atoms with Crippen LogP contribution in [0.15, 0.2) is 0 Å². The van der Waals surface area contributed by atoms with Crippen molar-refractivity contribution in [3.8, 4) is 0 Å². The Kier molecular flexibility index (Phi) is 5.64. The molecule has 2 aliphatic rings. The Morgan fingerprint density at radius 3 is 2.59 bits per heavy atom. The van der Waals surface area contributed by atoms with Crippen LogP contribution in [0.25, 0.3) is 0 Å². The first-order valence-corrected chi connectivity index (χ1v) is 8.38. The molecule has 2 fully saturated rings. The molecule has 0 amide bonds. The Hall–Kier alpha value is 0.270. The molecule has 0 aromatic rings. The fourth-order valence-electron chi connectivity index (χ4n) is 2.88. The van der Waals surface area contributed by atoms with Gasteiger partial charge in [-0.15, -0.1) is 0 Å². The van der Waals surface area contributed by atoms with Crippen molar-refractivity contribution in [1.82, 2.24) is 10.2 Å². The standard InChI is InChI=1S/C14H28N2S/c1-12-4-9-16(10-5-12)8-3-7-15-14-6-11-17-13(14)2/h12-15H,3-11H2,1-2H3. The molecule has 2 atom stereocenters. The van der Waals surface area contributed by atoms with E-state index in [-0.39, 0.29) is 0 Å². The van der Waals surface area contributed by atoms with Gasteiger partial charge >= 0.3 is 0 Å². The van der Waals surface area contributed by atoms with Crippen LogP contribution in [-0.2, 0) is 0 Å². The molecule has 2 aliphatic heterocycles. The van der Waals surface area contributed by atoms with Crippen LogP contribution in [0.1, 0.15) is 39.5 Å². The second kappa shape index (κ2) is 7.01. The van der Waals surface area contributed by atoms with Gasteiger partial charge in [-0.1, -0.05) is 13.8 Å². The first kappa shape index (κ1) is 13.7. The van der Waals surface area contributed by atoms with Crippen molar-refractivity contribution >= 4 is 11.8 Å². The second-order valence-electron chi connectivity index (χ2n) is 5.80. The van der Waals surface area contributed by atoms with Gasteiger partial charge in [0.1, 0.15) is 0 Å². The summed E-state index contributed by atoms with van der Waals surface area (Å²) < 4.78 is 0. The van der Waals surface area contributed by atoms with E-state index in [4.69, 9.17) is 0 Å². The Morgan fingerprint density at radius 2 is 1.94 bits per heavy atom. The number of piperidine rings is 1. The monoisotopic (exact) mass is 256 g/mol. The lowest BCUT2D eigenvalue weighted by Crippen LogP contribution is -2.37. The Bertz CT molecular complexity index is 214. The van der Waals surface area contributed by atoms with E-state index in [2.05, 4.69) is 35.8 Å². The highest BCUT2D eigenvalue weighted by Gasteiger charge is 2.23. The van der Waals surface area contributed by atoms with Crippen LogP contribution in [0.2, 0.25) is 0 Å². The van der Waals surface area contributed by atoms with Crippen LogP contribution >= 0.6 is 11.8 Å². The van der Waals surface area contributed by atoms with Gasteiger partial charge in [-0.05, 0) is 63.5 Å². The summed E-state index contributed by atoms with van der Waals surface area (Å²) >= 11 is 2.12. The molecule has 2 nitrogen and oxygen atoms in total. The number of hydrogen-bond acceptors (Lipinski definition) is 3. The first-order valence-electron chi connectivity index (χ1n) is 7.33. The fourth-order valence-corrected chi connectivity index (χ4v) is 4.10. The Balaban J connectivity index is 1.51. The fraction of sp³-hybridized carbons (Fsp3) is 1.00. The predicted octanol–water partition coefficient (Wildman–Crippen LogP) is 2.59. The SMILES string of the molecule is CC1CCN(CCCNC2CCSC2C)CC1. The minimum atomic E-state index is 0.779. The lowest BCUT2D eigenvalue weighted by atomic mass is 9.99. The van der Waals surface area contributed by atoms with Gasteiger partial charge < -0.3 is 10.2 Å². The van der Waals surface area contributed by atoms with E-state index in [1.54, 1.807) is 0 Å². The maximum Gasteiger partial charge on any atom is 0.0191 e. The lowest BCUT2D eigenvalue weighted by molar-refractivity contribution is 0.190. The summed E-state index contributed by atoms with van der Waals surface area (Å²) in [5.74, 6) is 2.31. The largest absolute Gasteiger partial charge is 0.313 e. The van der Waals surface area contributed by atoms with Gasteiger partial charge in [0.15, 0.2) is 0 Å². The molecular weight excluding hydrogens is 228 g/mol. The molecule has 3 heteroatoms. The molecule has 1 N–H and O–H groups in total. The molecule has 0 radical (unpaired) electrons. The zero-order chi connectivity index (χ0) is 12.1. The Morgan fingerprint density at radius 1 is 1.18 bits per heavy atom. The van der Waals surface area contributed by atoms with E-state index < -0.39 is 0 Å². The van der Waals surface area contributed by atoms with E-state index in [0.717, 1.165) is 17.2 Å². The molecule has 2 heterocycles. The number of nitrogens with zero attached hydrogens (tertiary/aromatic N) is 1. The van der Waals surface area contributed by atoms with Crippen LogP contribution < -0.4 is 5.32 Å². The number of nitrogens with one attached hydrogen (secondary N) is 1. The average Bonchev–Trinajstić information content (AvgIpc) is 2.73. The Labute approximate surface area is 111 Å². The molecule has 0 aliphatic carbocycles. The van der Waals surface area contributed by atoms with E-state index in [9.17, 15) is 0 Å². The van der Waals surface area contributed by atoms with Crippen molar-refractivity contribution < 1.29 is 0 Å². The molecule has 0 aromatic carbocycles. The van der Waals surface area contributed by atoms with Crippen LogP contribution in [0, 0.1) is 5.92 Å². The third kappa shape index (κ3) is 4.46. The van der Waals surface area contributed by atoms with Crippen molar-refractivity contribution in [3.63, 3.8) is 0 Å². The smallest absolute Gasteiger partial charge is 0.0191 e. The number of likely N-dealkylation sites (tertiary alicyclic amines) is 1. The van der Waals surface area contributed by atoms with Crippen LogP contribution in [0.5, 0.6) is 0 Å². The van der Waals surface area contributed by atoms with Gasteiger partial charge in [0.2, 0.25) is 0 Å². The van der Waals surface area contributed by atoms with Crippen molar-refractivity contribution in [3.05, 3.63) is 0 Å². The van der Waals surface area contributed by atoms with E-state index in [0.29, 0.717) is 0 Å². The maximum atomic E-state index is 3.73. The van der Waals surface area contributed by atoms with Gasteiger partial charge in [-0.25, -0.2) is 0 Å². The number of thioether (sulfide) groups is 1. The van der Waals surface area contributed by atoms with Crippen molar-refractivity contribution in [2.45, 2.75) is 50.8 Å². The lowest BCUT2D eigenvalue weighted by Gasteiger charge is -2.30. The molecular formula is C14H28N2S. The van der Waals surface area contributed by atoms with Gasteiger partial charge in [0.25, 0.3) is 0 Å². The highest BCUT2D eigenvalue weighted by molar-refractivity contribution is 8.00. The van der Waals surface area contributed by atoms with Crippen molar-refractivity contribution in [2.75, 3.05) is 31.9 Å². The van der Waals surface area contributed by atoms with Gasteiger partial charge in [-0.3, -0.25) is 0 Å². The highest BCUT2D eigenvalue weighted by Crippen LogP contribution is 2.25. The molecule has 0 saturated carbocycles. The molecule has 100 valence electrons. The number of rotatable bonds is 5. The van der Waals surface area contributed by atoms with Crippen molar-refractivity contribution in [1.29, 1.82) is 0 Å². The molecule has 2 saturated heterocycles. The molecule has 17 heavy (non-hydrogen) atoms. The summed E-state index contributed by atoms with van der Waals surface area (Å²) in [6, 6.07) is 0.779. The molecule has 0 spiro atoms. The predicted molar refractivity (Wildman–Crippen MR) is 77.8 cm³/mol. The molecule has 2 unspecified atom stereocenters. The zero-order valence-electron chi connectivity index (χ0n) is 11.5. The van der Waals surface area contributed by atoms with E-state index in [1.807, 2.05) is 0 Å². The van der Waals surface area contributed by atoms with Crippen LogP contribution in [0.4, 0.5) is 0 Å². The van der Waals surface area contributed by atoms with Gasteiger partial charge in [-0.2, -0.15) is 11.8 Å². The van der Waals surface area contributed by atoms with Gasteiger partial charge in [0.05, 0.1) is 0 Å². The average molecular weight is 256 g/mol. The van der Waals surface area contributed by atoms with Crippen LogP contribution in [-0.4, -0.2) is 48.1 Å². The minimum Gasteiger partial charge on any atom is -0.313 e. The topological polar surface area (TPSA) is 15.3 Å². The number of hydrogen-bond donors (Lipinski definition) is 1. The first-order chi connectivity index (χ1) is 8.25. The molecule has 0 bridgehead atoms. The summed E-state index contributed by atoms with van der Waals surface area (Å²) in [4.78, 5) is 2.65. The highest BCUT2D eigenvalue weighted by atomic mass is 32.2. The quantitative estimate of drug-likeness (QED) is 0.761. The minimum absolute atomic E-state index is 0.779. The molecule has 0 aromatic heterocycles. The summed E-state index contributed by atoms with van der Waals surface area (Å²) in [6.07, 6.45) is 5.50. The normalized spacial score (nSPS) is 32.1. The summed E-state index contributed by atoms with van der Waals surface area (Å²) in [5, 5.41) is 4.56. The van der Waals surface area contributed by atoms with Crippen molar-refractivity contribution in [2.24, 2.45) is 5.92 Å². The zero-order valence-corrected chi connectivity index (χ0v) is 12.3. The van der Waals surface area contributed by atoms with E-state index >= 15 is 0 Å². The van der Waals surface area contributed by atoms with Crippen LogP contribution in [0.3, 0.4) is 0 Å². The maximum absolute atomic E-state index is 3.73. The van der Waals surface area contributed by atoms with Gasteiger partial charge in [0, 0.05) is 11.3 Å². The summed E-state index contributed by atoms with van der Waals surface area (Å²) in [7, 11) is 0. The third-order valence-electron chi connectivity index (χ3n) is 4.31. The molecule has 2 rings (SSSR count). The third-order valence-corrected chi connectivity index (χ3v) is 5.64.